The maximum absolute atomic E-state index is 12.4. The summed E-state index contributed by atoms with van der Waals surface area (Å²) in [6.45, 7) is 0.0555. The van der Waals surface area contributed by atoms with Crippen LogP contribution in [0.25, 0.3) is 0 Å². The Hall–Kier alpha value is -3.42. The third-order valence-corrected chi connectivity index (χ3v) is 4.37. The summed E-state index contributed by atoms with van der Waals surface area (Å²) in [5.74, 6) is -1.22. The fourth-order valence-corrected chi connectivity index (χ4v) is 2.57. The van der Waals surface area contributed by atoms with Gasteiger partial charge in [-0.15, -0.1) is 0 Å². The molecular weight excluding hydrogens is 362 g/mol. The summed E-state index contributed by atoms with van der Waals surface area (Å²) in [6, 6.07) is 9.55. The first-order valence-electron chi connectivity index (χ1n) is 9.05. The van der Waals surface area contributed by atoms with Gasteiger partial charge in [-0.2, -0.15) is 0 Å². The van der Waals surface area contributed by atoms with E-state index in [1.807, 2.05) is 0 Å². The van der Waals surface area contributed by atoms with Crippen molar-refractivity contribution in [1.82, 2.24) is 10.3 Å². The average molecular weight is 383 g/mol. The van der Waals surface area contributed by atoms with Crippen LogP contribution in [0.1, 0.15) is 46.4 Å². The topological polar surface area (TPSA) is 118 Å². The molecule has 1 saturated carbocycles. The van der Waals surface area contributed by atoms with E-state index in [1.165, 1.54) is 6.20 Å². The van der Waals surface area contributed by atoms with Crippen molar-refractivity contribution in [3.05, 3.63) is 53.7 Å². The van der Waals surface area contributed by atoms with E-state index in [1.54, 1.807) is 36.4 Å². The monoisotopic (exact) mass is 383 g/mol. The Morgan fingerprint density at radius 3 is 2.46 bits per heavy atom. The van der Waals surface area contributed by atoms with E-state index >= 15 is 0 Å². The molecule has 2 aromatic rings. The Kier molecular flexibility index (Phi) is 6.21. The van der Waals surface area contributed by atoms with E-state index in [2.05, 4.69) is 15.6 Å². The van der Waals surface area contributed by atoms with E-state index in [-0.39, 0.29) is 30.9 Å². The van der Waals surface area contributed by atoms with Crippen LogP contribution in [0.5, 0.6) is 5.88 Å². The second kappa shape index (κ2) is 8.98. The molecule has 28 heavy (non-hydrogen) atoms. The molecule has 146 valence electrons. The zero-order valence-electron chi connectivity index (χ0n) is 15.2. The van der Waals surface area contributed by atoms with Crippen LogP contribution in [0, 0.1) is 0 Å². The van der Waals surface area contributed by atoms with Gasteiger partial charge in [0.15, 0.2) is 0 Å². The van der Waals surface area contributed by atoms with Gasteiger partial charge in [0.05, 0.1) is 6.42 Å². The first-order chi connectivity index (χ1) is 13.5. The second-order valence-corrected chi connectivity index (χ2v) is 6.48. The van der Waals surface area contributed by atoms with Crippen molar-refractivity contribution in [1.29, 1.82) is 0 Å². The third kappa shape index (κ3) is 5.29. The number of nitrogens with zero attached hydrogens (tertiary/aromatic N) is 1. The fourth-order valence-electron chi connectivity index (χ4n) is 2.57. The first-order valence-corrected chi connectivity index (χ1v) is 9.05. The van der Waals surface area contributed by atoms with Gasteiger partial charge >= 0.3 is 5.97 Å². The number of ether oxygens (including phenoxy) is 1. The van der Waals surface area contributed by atoms with Gasteiger partial charge in [0.25, 0.3) is 11.8 Å². The highest BCUT2D eigenvalue weighted by Crippen LogP contribution is 2.24. The Balaban J connectivity index is 1.56. The lowest BCUT2D eigenvalue weighted by atomic mass is 9.96. The van der Waals surface area contributed by atoms with E-state index in [9.17, 15) is 14.4 Å². The van der Waals surface area contributed by atoms with E-state index in [0.717, 1.165) is 19.3 Å². The molecule has 3 rings (SSSR count). The number of anilines is 1. The predicted molar refractivity (Wildman–Crippen MR) is 101 cm³/mol. The Labute approximate surface area is 161 Å². The number of pyridine rings is 1. The molecule has 0 saturated heterocycles. The molecule has 1 aromatic carbocycles. The minimum atomic E-state index is -0.976. The Morgan fingerprint density at radius 1 is 1.07 bits per heavy atom. The van der Waals surface area contributed by atoms with Crippen molar-refractivity contribution in [2.24, 2.45) is 0 Å². The van der Waals surface area contributed by atoms with E-state index < -0.39 is 5.97 Å². The molecule has 1 fully saturated rings. The molecule has 2 amide bonds. The molecule has 0 aliphatic heterocycles. The minimum absolute atomic E-state index is 0.0555. The van der Waals surface area contributed by atoms with Gasteiger partial charge in [-0.05, 0) is 49.6 Å². The predicted octanol–water partition coefficient (Wildman–Crippen LogP) is 2.47. The van der Waals surface area contributed by atoms with Gasteiger partial charge in [-0.25, -0.2) is 4.98 Å². The molecule has 8 nitrogen and oxygen atoms in total. The molecule has 1 aliphatic rings. The quantitative estimate of drug-likeness (QED) is 0.645. The summed E-state index contributed by atoms with van der Waals surface area (Å²) in [6.07, 6.45) is 4.74. The van der Waals surface area contributed by atoms with Crippen LogP contribution in [0.2, 0.25) is 0 Å². The molecule has 1 heterocycles. The SMILES string of the molecule is O=C(O)CCNC(=O)c1ccc(NC(=O)c2ccnc(OC3CCC3)c2)cc1. The lowest BCUT2D eigenvalue weighted by Crippen LogP contribution is -2.26. The second-order valence-electron chi connectivity index (χ2n) is 6.48. The highest BCUT2D eigenvalue weighted by atomic mass is 16.5. The Morgan fingerprint density at radius 2 is 1.82 bits per heavy atom. The molecular formula is C20H21N3O5. The summed E-state index contributed by atoms with van der Waals surface area (Å²) in [4.78, 5) is 39.0. The number of hydrogen-bond acceptors (Lipinski definition) is 5. The Bertz CT molecular complexity index is 862. The van der Waals surface area contributed by atoms with Crippen molar-refractivity contribution in [2.75, 3.05) is 11.9 Å². The molecule has 1 aromatic heterocycles. The van der Waals surface area contributed by atoms with Crippen molar-refractivity contribution in [3.63, 3.8) is 0 Å². The number of aliphatic carboxylic acids is 1. The number of carboxylic acids is 1. The van der Waals surface area contributed by atoms with Crippen LogP contribution in [-0.2, 0) is 4.79 Å². The van der Waals surface area contributed by atoms with Gasteiger partial charge < -0.3 is 20.5 Å². The first kappa shape index (κ1) is 19.3. The normalized spacial score (nSPS) is 13.3. The standard InChI is InChI=1S/C20H21N3O5/c24-18(25)9-11-22-19(26)13-4-6-15(7-5-13)23-20(27)14-8-10-21-17(12-14)28-16-2-1-3-16/h4-8,10,12,16H,1-3,9,11H2,(H,22,26)(H,23,27)(H,24,25). The number of carboxylic acid groups (broad SMARTS) is 1. The average Bonchev–Trinajstić information content (AvgIpc) is 2.65. The number of aromatic nitrogens is 1. The van der Waals surface area contributed by atoms with E-state index in [4.69, 9.17) is 9.84 Å². The lowest BCUT2D eigenvalue weighted by Gasteiger charge is -2.25. The highest BCUT2D eigenvalue weighted by Gasteiger charge is 2.20. The fraction of sp³-hybridized carbons (Fsp3) is 0.300. The van der Waals surface area contributed by atoms with Crippen molar-refractivity contribution in [2.45, 2.75) is 31.8 Å². The number of carbonyl (C=O) groups excluding carboxylic acids is 2. The number of rotatable bonds is 8. The van der Waals surface area contributed by atoms with Gasteiger partial charge in [-0.1, -0.05) is 0 Å². The smallest absolute Gasteiger partial charge is 0.305 e. The molecule has 8 heteroatoms. The number of amides is 2. The van der Waals surface area contributed by atoms with Gasteiger partial charge in [0.1, 0.15) is 6.10 Å². The zero-order valence-corrected chi connectivity index (χ0v) is 15.2. The summed E-state index contributed by atoms with van der Waals surface area (Å²) in [5.41, 5.74) is 1.34. The number of nitrogens with one attached hydrogen (secondary N) is 2. The van der Waals surface area contributed by atoms with Crippen LogP contribution < -0.4 is 15.4 Å². The van der Waals surface area contributed by atoms with Crippen molar-refractivity contribution < 1.29 is 24.2 Å². The molecule has 0 unspecified atom stereocenters. The molecule has 0 atom stereocenters. The van der Waals surface area contributed by atoms with E-state index in [0.29, 0.717) is 22.7 Å². The van der Waals surface area contributed by atoms with Crippen LogP contribution in [0.3, 0.4) is 0 Å². The number of benzene rings is 1. The third-order valence-electron chi connectivity index (χ3n) is 4.37. The molecule has 1 aliphatic carbocycles. The molecule has 3 N–H and O–H groups in total. The van der Waals surface area contributed by atoms with Crippen LogP contribution >= 0.6 is 0 Å². The van der Waals surface area contributed by atoms with Gasteiger partial charge in [0, 0.05) is 35.6 Å². The maximum Gasteiger partial charge on any atom is 0.305 e. The van der Waals surface area contributed by atoms with Gasteiger partial charge in [0.2, 0.25) is 5.88 Å². The van der Waals surface area contributed by atoms with Crippen LogP contribution in [0.15, 0.2) is 42.6 Å². The molecule has 0 spiro atoms. The summed E-state index contributed by atoms with van der Waals surface area (Å²) >= 11 is 0. The summed E-state index contributed by atoms with van der Waals surface area (Å²) in [7, 11) is 0. The molecule has 0 radical (unpaired) electrons. The van der Waals surface area contributed by atoms with Crippen LogP contribution in [-0.4, -0.2) is 40.5 Å². The van der Waals surface area contributed by atoms with Crippen molar-refractivity contribution in [3.8, 4) is 5.88 Å². The summed E-state index contributed by atoms with van der Waals surface area (Å²) in [5, 5.41) is 13.9. The number of carbonyl (C=O) groups is 3. The summed E-state index contributed by atoms with van der Waals surface area (Å²) < 4.78 is 5.71. The van der Waals surface area contributed by atoms with Gasteiger partial charge in [-0.3, -0.25) is 14.4 Å². The number of hydrogen-bond donors (Lipinski definition) is 3. The lowest BCUT2D eigenvalue weighted by molar-refractivity contribution is -0.136. The zero-order chi connectivity index (χ0) is 19.9. The maximum atomic E-state index is 12.4. The minimum Gasteiger partial charge on any atom is -0.481 e. The van der Waals surface area contributed by atoms with Crippen molar-refractivity contribution >= 4 is 23.5 Å². The largest absolute Gasteiger partial charge is 0.481 e. The van der Waals surface area contributed by atoms with Crippen LogP contribution in [0.4, 0.5) is 5.69 Å². The highest BCUT2D eigenvalue weighted by molar-refractivity contribution is 6.04. The molecule has 0 bridgehead atoms.